The smallest absolute Gasteiger partial charge is 0.0443 e. The second-order valence-electron chi connectivity index (χ2n) is 3.76. The average Bonchev–Trinajstić information content (AvgIpc) is 2.74. The minimum absolute atomic E-state index is 0.401. The van der Waals surface area contributed by atoms with Gasteiger partial charge >= 0.3 is 0 Å². The van der Waals surface area contributed by atoms with Crippen LogP contribution < -0.4 is 0 Å². The number of hydrogen-bond donors (Lipinski definition) is 0. The number of alkyl halides is 1. The third kappa shape index (κ3) is 2.96. The molecule has 0 radical (unpaired) electrons. The lowest BCUT2D eigenvalue weighted by atomic mass is 10.1. The Morgan fingerprint density at radius 1 is 1.31 bits per heavy atom. The predicted molar refractivity (Wildman–Crippen MR) is 78.6 cm³/mol. The van der Waals surface area contributed by atoms with Crippen molar-refractivity contribution >= 4 is 43.2 Å². The molecule has 2 rings (SSSR count). The van der Waals surface area contributed by atoms with E-state index in [1.54, 1.807) is 0 Å². The van der Waals surface area contributed by atoms with Gasteiger partial charge in [-0.05, 0) is 42.0 Å². The van der Waals surface area contributed by atoms with Crippen LogP contribution in [0.5, 0.6) is 0 Å². The van der Waals surface area contributed by atoms with Gasteiger partial charge in [0.05, 0.1) is 0 Å². The molecule has 0 aliphatic rings. The van der Waals surface area contributed by atoms with E-state index >= 15 is 0 Å². The predicted octanol–water partition coefficient (Wildman–Crippen LogP) is 5.50. The number of rotatable bonds is 3. The summed E-state index contributed by atoms with van der Waals surface area (Å²) in [6.45, 7) is 2.12. The molecule has 84 valence electrons. The van der Waals surface area contributed by atoms with Crippen LogP contribution in [-0.4, -0.2) is 0 Å². The first-order chi connectivity index (χ1) is 7.66. The topological polar surface area (TPSA) is 0 Å². The zero-order valence-electron chi connectivity index (χ0n) is 8.91. The van der Waals surface area contributed by atoms with Crippen molar-refractivity contribution in [2.24, 2.45) is 0 Å². The summed E-state index contributed by atoms with van der Waals surface area (Å²) in [5, 5.41) is 2.13. The molecular formula is C13H12Br2S. The van der Waals surface area contributed by atoms with E-state index in [-0.39, 0.29) is 0 Å². The zero-order valence-corrected chi connectivity index (χ0v) is 12.9. The molecule has 0 fully saturated rings. The molecule has 0 nitrogen and oxygen atoms in total. The first-order valence-electron chi connectivity index (χ1n) is 5.09. The molecule has 16 heavy (non-hydrogen) atoms. The fourth-order valence-corrected chi connectivity index (χ4v) is 3.43. The molecule has 0 bridgehead atoms. The lowest BCUT2D eigenvalue weighted by molar-refractivity contribution is 0.965. The Balaban J connectivity index is 2.14. The molecule has 0 spiro atoms. The molecular weight excluding hydrogens is 348 g/mol. The van der Waals surface area contributed by atoms with Gasteiger partial charge in [0.25, 0.3) is 0 Å². The largest absolute Gasteiger partial charge is 0.149 e. The van der Waals surface area contributed by atoms with Crippen LogP contribution in [0.15, 0.2) is 40.2 Å². The highest BCUT2D eigenvalue weighted by Gasteiger charge is 2.10. The van der Waals surface area contributed by atoms with Crippen LogP contribution >= 0.6 is 43.2 Å². The maximum Gasteiger partial charge on any atom is 0.0443 e. The van der Waals surface area contributed by atoms with Crippen LogP contribution in [0.2, 0.25) is 0 Å². The van der Waals surface area contributed by atoms with E-state index in [4.69, 9.17) is 0 Å². The Kier molecular flexibility index (Phi) is 4.22. The number of aryl methyl sites for hydroxylation is 1. The van der Waals surface area contributed by atoms with Gasteiger partial charge < -0.3 is 0 Å². The van der Waals surface area contributed by atoms with E-state index in [9.17, 15) is 0 Å². The summed E-state index contributed by atoms with van der Waals surface area (Å²) in [5.41, 5.74) is 2.63. The monoisotopic (exact) mass is 358 g/mol. The number of hydrogen-bond acceptors (Lipinski definition) is 1. The molecule has 3 heteroatoms. The van der Waals surface area contributed by atoms with Gasteiger partial charge in [-0.15, -0.1) is 11.3 Å². The van der Waals surface area contributed by atoms with Crippen molar-refractivity contribution in [2.75, 3.05) is 0 Å². The summed E-state index contributed by atoms with van der Waals surface area (Å²) in [6.07, 6.45) is 1.05. The minimum atomic E-state index is 0.401. The van der Waals surface area contributed by atoms with E-state index in [0.29, 0.717) is 4.83 Å². The Hall–Kier alpha value is -0.120. The van der Waals surface area contributed by atoms with Crippen molar-refractivity contribution in [3.63, 3.8) is 0 Å². The first-order valence-corrected chi connectivity index (χ1v) is 7.68. The Bertz CT molecular complexity index is 463. The van der Waals surface area contributed by atoms with Crippen molar-refractivity contribution in [1.29, 1.82) is 0 Å². The molecule has 1 aromatic carbocycles. The minimum Gasteiger partial charge on any atom is -0.149 e. The third-order valence-corrected chi connectivity index (χ3v) is 5.15. The summed E-state index contributed by atoms with van der Waals surface area (Å²) in [7, 11) is 0. The van der Waals surface area contributed by atoms with Gasteiger partial charge in [0.2, 0.25) is 0 Å². The van der Waals surface area contributed by atoms with Crippen LogP contribution in [0.4, 0.5) is 0 Å². The van der Waals surface area contributed by atoms with E-state index in [2.05, 4.69) is 74.5 Å². The second kappa shape index (κ2) is 5.48. The lowest BCUT2D eigenvalue weighted by Gasteiger charge is -2.10. The molecule has 1 unspecified atom stereocenters. The van der Waals surface area contributed by atoms with Crippen molar-refractivity contribution in [3.05, 3.63) is 56.2 Å². The number of benzene rings is 1. The van der Waals surface area contributed by atoms with Crippen molar-refractivity contribution < 1.29 is 0 Å². The Labute approximate surface area is 117 Å². The zero-order chi connectivity index (χ0) is 11.5. The van der Waals surface area contributed by atoms with Crippen LogP contribution in [-0.2, 0) is 6.42 Å². The number of halogens is 2. The first kappa shape index (κ1) is 12.3. The fraction of sp³-hybridized carbons (Fsp3) is 0.231. The van der Waals surface area contributed by atoms with Crippen LogP contribution in [0, 0.1) is 6.92 Å². The fourth-order valence-electron chi connectivity index (χ4n) is 1.59. The summed E-state index contributed by atoms with van der Waals surface area (Å²) >= 11 is 9.10. The van der Waals surface area contributed by atoms with E-state index < -0.39 is 0 Å². The van der Waals surface area contributed by atoms with E-state index in [0.717, 1.165) is 6.42 Å². The van der Waals surface area contributed by atoms with Gasteiger partial charge in [0.15, 0.2) is 0 Å². The molecule has 0 aliphatic heterocycles. The molecule has 1 heterocycles. The summed E-state index contributed by atoms with van der Waals surface area (Å²) in [4.78, 5) is 1.82. The molecule has 2 aromatic rings. The summed E-state index contributed by atoms with van der Waals surface area (Å²) in [5.74, 6) is 0. The van der Waals surface area contributed by atoms with Gasteiger partial charge in [-0.3, -0.25) is 0 Å². The molecule has 0 N–H and O–H groups in total. The molecule has 1 aromatic heterocycles. The van der Waals surface area contributed by atoms with Gasteiger partial charge in [-0.1, -0.05) is 50.1 Å². The third-order valence-electron chi connectivity index (χ3n) is 2.50. The quantitative estimate of drug-likeness (QED) is 0.635. The van der Waals surface area contributed by atoms with Crippen LogP contribution in [0.1, 0.15) is 20.8 Å². The molecule has 0 aliphatic carbocycles. The maximum absolute atomic E-state index is 3.76. The summed E-state index contributed by atoms with van der Waals surface area (Å²) < 4.78 is 1.17. The molecule has 0 saturated carbocycles. The van der Waals surface area contributed by atoms with Gasteiger partial charge in [0, 0.05) is 14.2 Å². The molecule has 0 saturated heterocycles. The van der Waals surface area contributed by atoms with Crippen molar-refractivity contribution in [1.82, 2.24) is 0 Å². The van der Waals surface area contributed by atoms with E-state index in [1.165, 1.54) is 20.5 Å². The van der Waals surface area contributed by atoms with Gasteiger partial charge in [0.1, 0.15) is 0 Å². The highest BCUT2D eigenvalue weighted by molar-refractivity contribution is 9.10. The number of thiophene rings is 1. The highest BCUT2D eigenvalue weighted by Crippen LogP contribution is 2.30. The van der Waals surface area contributed by atoms with E-state index in [1.807, 2.05) is 11.3 Å². The van der Waals surface area contributed by atoms with Gasteiger partial charge in [-0.2, -0.15) is 0 Å². The SMILES string of the molecule is Cc1cc(C(Br)Cc2cccs2)ccc1Br. The Morgan fingerprint density at radius 3 is 2.75 bits per heavy atom. The molecule has 0 amide bonds. The second-order valence-corrected chi connectivity index (χ2v) is 6.75. The van der Waals surface area contributed by atoms with Crippen molar-refractivity contribution in [3.8, 4) is 0 Å². The van der Waals surface area contributed by atoms with Crippen molar-refractivity contribution in [2.45, 2.75) is 18.2 Å². The molecule has 1 atom stereocenters. The maximum atomic E-state index is 3.76. The Morgan fingerprint density at radius 2 is 2.12 bits per heavy atom. The van der Waals surface area contributed by atoms with Crippen LogP contribution in [0.3, 0.4) is 0 Å². The highest BCUT2D eigenvalue weighted by atomic mass is 79.9. The van der Waals surface area contributed by atoms with Crippen LogP contribution in [0.25, 0.3) is 0 Å². The average molecular weight is 360 g/mol. The van der Waals surface area contributed by atoms with Gasteiger partial charge in [-0.25, -0.2) is 0 Å². The summed E-state index contributed by atoms with van der Waals surface area (Å²) in [6, 6.07) is 10.8. The lowest BCUT2D eigenvalue weighted by Crippen LogP contribution is -1.94. The standard InChI is InChI=1S/C13H12Br2S/c1-9-7-10(4-5-12(9)14)13(15)8-11-3-2-6-16-11/h2-7,13H,8H2,1H3. The normalized spacial score (nSPS) is 12.7.